The van der Waals surface area contributed by atoms with Crippen LogP contribution in [-0.2, 0) is 0 Å². The van der Waals surface area contributed by atoms with Crippen LogP contribution in [0.2, 0.25) is 0 Å². The summed E-state index contributed by atoms with van der Waals surface area (Å²) >= 11 is 5.69. The summed E-state index contributed by atoms with van der Waals surface area (Å²) in [5.41, 5.74) is -0.339. The van der Waals surface area contributed by atoms with Crippen LogP contribution in [-0.4, -0.2) is 16.8 Å². The van der Waals surface area contributed by atoms with Crippen molar-refractivity contribution < 1.29 is 18.0 Å². The van der Waals surface area contributed by atoms with E-state index in [4.69, 9.17) is 0 Å². The molecule has 134 valence electrons. The molecule has 0 aliphatic carbocycles. The minimum absolute atomic E-state index is 0.0546. The number of rotatable bonds is 2. The van der Waals surface area contributed by atoms with Crippen molar-refractivity contribution in [2.45, 2.75) is 6.18 Å². The number of benzene rings is 2. The zero-order valence-corrected chi connectivity index (χ0v) is 16.2. The predicted octanol–water partition coefficient (Wildman–Crippen LogP) is 6.74. The Morgan fingerprint density at radius 1 is 0.962 bits per heavy atom. The molecule has 0 bridgehead atoms. The highest BCUT2D eigenvalue weighted by molar-refractivity contribution is 9.28. The van der Waals surface area contributed by atoms with Crippen LogP contribution in [0.4, 0.5) is 23.7 Å². The maximum Gasteiger partial charge on any atom is 0.418 e. The molecular formula is C18H11Br2F3N2O. The van der Waals surface area contributed by atoms with Gasteiger partial charge < -0.3 is 5.32 Å². The molecule has 0 fully saturated rings. The first-order chi connectivity index (χ1) is 12.3. The number of anilines is 1. The van der Waals surface area contributed by atoms with Crippen LogP contribution >= 0.6 is 31.9 Å². The van der Waals surface area contributed by atoms with Gasteiger partial charge in [-0.05, 0) is 50.1 Å². The molecule has 3 rings (SSSR count). The van der Waals surface area contributed by atoms with E-state index in [9.17, 15) is 18.0 Å². The van der Waals surface area contributed by atoms with E-state index in [0.717, 1.165) is 5.39 Å². The Kier molecular flexibility index (Phi) is 5.24. The average molecular weight is 488 g/mol. The normalized spacial score (nSPS) is 11.4. The van der Waals surface area contributed by atoms with E-state index in [1.165, 1.54) is 22.8 Å². The fourth-order valence-electron chi connectivity index (χ4n) is 2.61. The zero-order chi connectivity index (χ0) is 18.9. The number of hydrogen-bond donors (Lipinski definition) is 1. The number of halogens is 5. The van der Waals surface area contributed by atoms with Crippen LogP contribution in [0.1, 0.15) is 5.56 Å². The highest BCUT2D eigenvalue weighted by Crippen LogP contribution is 2.43. The van der Waals surface area contributed by atoms with Crippen molar-refractivity contribution in [1.82, 2.24) is 4.57 Å². The first kappa shape index (κ1) is 18.7. The number of carbonyl (C=O) groups excluding carboxylic acids is 1. The van der Waals surface area contributed by atoms with Crippen molar-refractivity contribution in [3.05, 3.63) is 69.7 Å². The van der Waals surface area contributed by atoms with E-state index < -0.39 is 17.8 Å². The minimum Gasteiger partial charge on any atom is -0.307 e. The van der Waals surface area contributed by atoms with Gasteiger partial charge in [0.1, 0.15) is 0 Å². The quantitative estimate of drug-likeness (QED) is 0.426. The van der Waals surface area contributed by atoms with Crippen LogP contribution in [0.3, 0.4) is 0 Å². The van der Waals surface area contributed by atoms with Crippen LogP contribution in [0.5, 0.6) is 0 Å². The van der Waals surface area contributed by atoms with Crippen molar-refractivity contribution in [2.75, 3.05) is 5.32 Å². The summed E-state index contributed by atoms with van der Waals surface area (Å²) in [5.74, 6) is 0. The number of allylic oxidation sites excluding steroid dienone is 1. The molecule has 0 aliphatic heterocycles. The molecule has 0 aliphatic rings. The largest absolute Gasteiger partial charge is 0.418 e. The van der Waals surface area contributed by atoms with Gasteiger partial charge in [0.2, 0.25) is 0 Å². The van der Waals surface area contributed by atoms with Gasteiger partial charge in [-0.25, -0.2) is 4.79 Å². The number of hydrogen-bond acceptors (Lipinski definition) is 1. The van der Waals surface area contributed by atoms with E-state index in [2.05, 4.69) is 37.2 Å². The maximum atomic E-state index is 13.4. The van der Waals surface area contributed by atoms with Gasteiger partial charge in [0.15, 0.2) is 0 Å². The molecule has 0 unspecified atom stereocenters. The molecule has 0 atom stereocenters. The predicted molar refractivity (Wildman–Crippen MR) is 104 cm³/mol. The number of aromatic nitrogens is 1. The molecule has 3 nitrogen and oxygen atoms in total. The van der Waals surface area contributed by atoms with Gasteiger partial charge in [0.05, 0.1) is 20.2 Å². The van der Waals surface area contributed by atoms with Gasteiger partial charge in [-0.1, -0.05) is 36.4 Å². The van der Waals surface area contributed by atoms with E-state index in [-0.39, 0.29) is 14.6 Å². The standard InChI is InChI=1S/C18H11Br2F3N2O/c19-16(20)15(18(21,22)23)12-6-2-3-7-13(12)24-17(26)25-10-9-11-5-1-4-8-14(11)25/h1-10H,(H,24,26). The molecule has 1 aromatic heterocycles. The van der Waals surface area contributed by atoms with Crippen molar-refractivity contribution in [2.24, 2.45) is 0 Å². The van der Waals surface area contributed by atoms with Gasteiger partial charge in [0, 0.05) is 17.1 Å². The number of alkyl halides is 3. The number of amides is 1. The minimum atomic E-state index is -4.61. The molecule has 0 saturated carbocycles. The maximum absolute atomic E-state index is 13.4. The fraction of sp³-hybridized carbons (Fsp3) is 0.0556. The number of nitrogens with one attached hydrogen (secondary N) is 1. The summed E-state index contributed by atoms with van der Waals surface area (Å²) < 4.78 is 41.4. The molecule has 1 amide bonds. The third-order valence-corrected chi connectivity index (χ3v) is 4.52. The van der Waals surface area contributed by atoms with E-state index in [0.29, 0.717) is 5.52 Å². The summed E-state index contributed by atoms with van der Waals surface area (Å²) in [4.78, 5) is 12.6. The summed E-state index contributed by atoms with van der Waals surface area (Å²) in [6.07, 6.45) is -3.03. The lowest BCUT2D eigenvalue weighted by Gasteiger charge is -2.17. The number of carbonyl (C=O) groups is 1. The average Bonchev–Trinajstić information content (AvgIpc) is 2.99. The Labute approximate surface area is 163 Å². The number of fused-ring (bicyclic) bond motifs is 1. The Hall–Kier alpha value is -2.06. The van der Waals surface area contributed by atoms with E-state index in [1.807, 2.05) is 12.1 Å². The molecular weight excluding hydrogens is 477 g/mol. The van der Waals surface area contributed by atoms with Crippen molar-refractivity contribution in [3.8, 4) is 0 Å². The molecule has 1 heterocycles. The van der Waals surface area contributed by atoms with Crippen molar-refractivity contribution in [1.29, 1.82) is 0 Å². The third kappa shape index (κ3) is 3.71. The van der Waals surface area contributed by atoms with Crippen LogP contribution < -0.4 is 5.32 Å². The molecule has 0 spiro atoms. The number of para-hydroxylation sites is 2. The van der Waals surface area contributed by atoms with Crippen molar-refractivity contribution in [3.63, 3.8) is 0 Å². The number of nitrogens with zero attached hydrogens (tertiary/aromatic N) is 1. The molecule has 0 saturated heterocycles. The van der Waals surface area contributed by atoms with Crippen molar-refractivity contribution >= 4 is 60.1 Å². The van der Waals surface area contributed by atoms with Crippen LogP contribution in [0.15, 0.2) is 64.2 Å². The second kappa shape index (κ2) is 7.28. The first-order valence-corrected chi connectivity index (χ1v) is 8.97. The summed E-state index contributed by atoms with van der Waals surface area (Å²) in [6, 6.07) is 14.2. The summed E-state index contributed by atoms with van der Waals surface area (Å²) in [6.45, 7) is 0. The zero-order valence-electron chi connectivity index (χ0n) is 13.0. The summed E-state index contributed by atoms with van der Waals surface area (Å²) in [5, 5.41) is 3.42. The lowest BCUT2D eigenvalue weighted by Crippen LogP contribution is -2.20. The molecule has 3 aromatic rings. The fourth-order valence-corrected chi connectivity index (χ4v) is 3.48. The van der Waals surface area contributed by atoms with Gasteiger partial charge >= 0.3 is 12.2 Å². The Balaban J connectivity index is 2.01. The molecule has 1 N–H and O–H groups in total. The lowest BCUT2D eigenvalue weighted by molar-refractivity contribution is -0.0688. The highest BCUT2D eigenvalue weighted by atomic mass is 79.9. The monoisotopic (exact) mass is 486 g/mol. The second-order valence-electron chi connectivity index (χ2n) is 5.35. The smallest absolute Gasteiger partial charge is 0.307 e. The molecule has 2 aromatic carbocycles. The van der Waals surface area contributed by atoms with E-state index in [1.54, 1.807) is 30.5 Å². The Bertz CT molecular complexity index is 1000. The van der Waals surface area contributed by atoms with Gasteiger partial charge in [-0.3, -0.25) is 4.57 Å². The van der Waals surface area contributed by atoms with Crippen LogP contribution in [0, 0.1) is 0 Å². The molecule has 0 radical (unpaired) electrons. The topological polar surface area (TPSA) is 34.0 Å². The van der Waals surface area contributed by atoms with Crippen LogP contribution in [0.25, 0.3) is 16.5 Å². The Morgan fingerprint density at radius 3 is 2.31 bits per heavy atom. The summed E-state index contributed by atoms with van der Waals surface area (Å²) in [7, 11) is 0. The van der Waals surface area contributed by atoms with E-state index >= 15 is 0 Å². The molecule has 26 heavy (non-hydrogen) atoms. The Morgan fingerprint density at radius 2 is 1.62 bits per heavy atom. The molecule has 8 heteroatoms. The SMILES string of the molecule is O=C(Nc1ccccc1C(=C(Br)Br)C(F)(F)F)n1ccc2ccccc21. The highest BCUT2D eigenvalue weighted by Gasteiger charge is 2.38. The van der Waals surface area contributed by atoms with Gasteiger partial charge in [-0.15, -0.1) is 0 Å². The van der Waals surface area contributed by atoms with Gasteiger partial charge in [-0.2, -0.15) is 13.2 Å². The lowest BCUT2D eigenvalue weighted by atomic mass is 10.0. The first-order valence-electron chi connectivity index (χ1n) is 7.38. The second-order valence-corrected chi connectivity index (χ2v) is 8.00. The third-order valence-electron chi connectivity index (χ3n) is 3.73. The van der Waals surface area contributed by atoms with Gasteiger partial charge in [0.25, 0.3) is 0 Å².